The molecule has 3 amide bonds. The number of aromatic carboxylic acids is 1. The van der Waals surface area contributed by atoms with Crippen LogP contribution in [0, 0.1) is 0 Å². The molecule has 1 heterocycles. The highest BCUT2D eigenvalue weighted by atomic mass is 35.5. The fourth-order valence-corrected chi connectivity index (χ4v) is 3.31. The number of hydrogen-bond acceptors (Lipinski definition) is 5. The Morgan fingerprint density at radius 2 is 1.81 bits per heavy atom. The van der Waals surface area contributed by atoms with E-state index < -0.39 is 17.9 Å². The first-order valence-corrected chi connectivity index (χ1v) is 9.91. The number of nitrogens with one attached hydrogen (secondary N) is 2. The highest BCUT2D eigenvalue weighted by Crippen LogP contribution is 2.34. The van der Waals surface area contributed by atoms with E-state index in [1.807, 2.05) is 0 Å². The molecule has 31 heavy (non-hydrogen) atoms. The van der Waals surface area contributed by atoms with Crippen LogP contribution in [0.3, 0.4) is 0 Å². The molecule has 0 unspecified atom stereocenters. The van der Waals surface area contributed by atoms with E-state index in [4.69, 9.17) is 27.9 Å². The smallest absolute Gasteiger partial charge is 0.354 e. The normalized spacial score (nSPS) is 10.5. The molecule has 0 bridgehead atoms. The quantitative estimate of drug-likeness (QED) is 0.454. The van der Waals surface area contributed by atoms with Crippen molar-refractivity contribution in [2.75, 3.05) is 13.2 Å². The Labute approximate surface area is 187 Å². The zero-order valence-electron chi connectivity index (χ0n) is 16.0. The van der Waals surface area contributed by atoms with Gasteiger partial charge in [-0.05, 0) is 30.7 Å². The highest BCUT2D eigenvalue weighted by Gasteiger charge is 2.15. The maximum atomic E-state index is 11.9. The SMILES string of the molecule is O=C(NCCCOc1cc(C(=O)O)nc2cc(Cl)cc(Cl)c12)NC(=O)c1ccccc1. The molecule has 1 aromatic heterocycles. The number of carboxylic acid groups (broad SMARTS) is 1. The standard InChI is InChI=1S/C21H17Cl2N3O5/c22-13-9-14(23)18-15(10-13)25-16(20(28)29)11-17(18)31-8-4-7-24-21(30)26-19(27)12-5-2-1-3-6-12/h1-3,5-6,9-11H,4,7-8H2,(H,28,29)(H2,24,26,27,30). The number of benzene rings is 2. The van der Waals surface area contributed by atoms with Gasteiger partial charge >= 0.3 is 12.0 Å². The number of aromatic nitrogens is 1. The summed E-state index contributed by atoms with van der Waals surface area (Å²) >= 11 is 12.2. The molecule has 0 saturated carbocycles. The zero-order valence-corrected chi connectivity index (χ0v) is 17.5. The van der Waals surface area contributed by atoms with Gasteiger partial charge in [-0.1, -0.05) is 41.4 Å². The first-order valence-electron chi connectivity index (χ1n) is 9.15. The number of hydrogen-bond donors (Lipinski definition) is 3. The number of nitrogens with zero attached hydrogens (tertiary/aromatic N) is 1. The molecule has 0 saturated heterocycles. The molecular weight excluding hydrogens is 445 g/mol. The van der Waals surface area contributed by atoms with Crippen LogP contribution < -0.4 is 15.4 Å². The molecule has 3 rings (SSSR count). The van der Waals surface area contributed by atoms with Crippen molar-refractivity contribution < 1.29 is 24.2 Å². The van der Waals surface area contributed by atoms with E-state index in [0.29, 0.717) is 27.9 Å². The average Bonchev–Trinajstić information content (AvgIpc) is 2.73. The van der Waals surface area contributed by atoms with E-state index in [2.05, 4.69) is 15.6 Å². The molecule has 0 spiro atoms. The van der Waals surface area contributed by atoms with Crippen LogP contribution in [0.4, 0.5) is 4.79 Å². The second-order valence-corrected chi connectivity index (χ2v) is 7.21. The minimum atomic E-state index is -1.22. The third kappa shape index (κ3) is 5.84. The maximum absolute atomic E-state index is 11.9. The largest absolute Gasteiger partial charge is 0.493 e. The van der Waals surface area contributed by atoms with Crippen molar-refractivity contribution in [3.63, 3.8) is 0 Å². The van der Waals surface area contributed by atoms with E-state index in [-0.39, 0.29) is 29.6 Å². The van der Waals surface area contributed by atoms with Gasteiger partial charge in [0.25, 0.3) is 5.91 Å². The summed E-state index contributed by atoms with van der Waals surface area (Å²) in [6.45, 7) is 0.381. The predicted octanol–water partition coefficient (Wildman–Crippen LogP) is 4.15. The van der Waals surface area contributed by atoms with Crippen molar-refractivity contribution in [2.45, 2.75) is 6.42 Å². The number of imide groups is 1. The molecule has 160 valence electrons. The Morgan fingerprint density at radius 1 is 1.06 bits per heavy atom. The minimum absolute atomic E-state index is 0.157. The topological polar surface area (TPSA) is 118 Å². The second-order valence-electron chi connectivity index (χ2n) is 6.37. The number of carbonyl (C=O) groups excluding carboxylic acids is 2. The Bertz CT molecular complexity index is 1140. The highest BCUT2D eigenvalue weighted by molar-refractivity contribution is 6.39. The van der Waals surface area contributed by atoms with Gasteiger partial charge in [-0.3, -0.25) is 10.1 Å². The first-order chi connectivity index (χ1) is 14.8. The lowest BCUT2D eigenvalue weighted by atomic mass is 10.1. The summed E-state index contributed by atoms with van der Waals surface area (Å²) in [5, 5.41) is 15.1. The van der Waals surface area contributed by atoms with E-state index in [1.54, 1.807) is 30.3 Å². The van der Waals surface area contributed by atoms with Crippen LogP contribution in [0.2, 0.25) is 10.0 Å². The van der Waals surface area contributed by atoms with Crippen molar-refractivity contribution in [2.24, 2.45) is 0 Å². The van der Waals surface area contributed by atoms with Crippen molar-refractivity contribution >= 4 is 52.0 Å². The second kappa shape index (κ2) is 10.1. The van der Waals surface area contributed by atoms with Crippen molar-refractivity contribution in [3.05, 3.63) is 69.8 Å². The lowest BCUT2D eigenvalue weighted by Gasteiger charge is -2.12. The van der Waals surface area contributed by atoms with Gasteiger partial charge in [0.05, 0.1) is 22.5 Å². The van der Waals surface area contributed by atoms with Crippen LogP contribution in [0.5, 0.6) is 5.75 Å². The van der Waals surface area contributed by atoms with E-state index >= 15 is 0 Å². The Kier molecular flexibility index (Phi) is 7.28. The third-order valence-electron chi connectivity index (χ3n) is 4.14. The van der Waals surface area contributed by atoms with Gasteiger partial charge < -0.3 is 15.2 Å². The number of amides is 3. The van der Waals surface area contributed by atoms with Gasteiger partial charge in [0.1, 0.15) is 5.75 Å². The molecule has 3 N–H and O–H groups in total. The fraction of sp³-hybridized carbons (Fsp3) is 0.143. The Morgan fingerprint density at radius 3 is 2.52 bits per heavy atom. The van der Waals surface area contributed by atoms with Crippen molar-refractivity contribution in [1.82, 2.24) is 15.6 Å². The van der Waals surface area contributed by atoms with Gasteiger partial charge in [-0.2, -0.15) is 0 Å². The summed E-state index contributed by atoms with van der Waals surface area (Å²) in [6, 6.07) is 12.0. The fourth-order valence-electron chi connectivity index (χ4n) is 2.74. The molecule has 0 aliphatic carbocycles. The van der Waals surface area contributed by atoms with E-state index in [0.717, 1.165) is 0 Å². The summed E-state index contributed by atoms with van der Waals surface area (Å²) < 4.78 is 5.69. The number of carbonyl (C=O) groups is 3. The summed E-state index contributed by atoms with van der Waals surface area (Å²) in [5.74, 6) is -1.48. The molecule has 10 heteroatoms. The average molecular weight is 462 g/mol. The van der Waals surface area contributed by atoms with E-state index in [9.17, 15) is 19.5 Å². The number of pyridine rings is 1. The monoisotopic (exact) mass is 461 g/mol. The summed E-state index contributed by atoms with van der Waals surface area (Å²) in [6.07, 6.45) is 0.393. The third-order valence-corrected chi connectivity index (χ3v) is 4.65. The molecule has 0 fully saturated rings. The van der Waals surface area contributed by atoms with Crippen LogP contribution in [-0.4, -0.2) is 41.1 Å². The van der Waals surface area contributed by atoms with Crippen LogP contribution >= 0.6 is 23.2 Å². The molecule has 0 aliphatic heterocycles. The number of rotatable bonds is 7. The molecule has 0 radical (unpaired) electrons. The lowest BCUT2D eigenvalue weighted by Crippen LogP contribution is -2.40. The molecule has 0 atom stereocenters. The van der Waals surface area contributed by atoms with Gasteiger partial charge in [0.15, 0.2) is 5.69 Å². The van der Waals surface area contributed by atoms with Crippen molar-refractivity contribution in [3.8, 4) is 5.75 Å². The lowest BCUT2D eigenvalue weighted by molar-refractivity contribution is 0.0690. The number of halogens is 2. The molecule has 2 aromatic carbocycles. The summed E-state index contributed by atoms with van der Waals surface area (Å²) in [5.41, 5.74) is 0.457. The number of carboxylic acids is 1. The van der Waals surface area contributed by atoms with Gasteiger partial charge in [-0.25, -0.2) is 14.6 Å². The predicted molar refractivity (Wildman–Crippen MR) is 116 cm³/mol. The summed E-state index contributed by atoms with van der Waals surface area (Å²) in [7, 11) is 0. The number of urea groups is 1. The van der Waals surface area contributed by atoms with E-state index in [1.165, 1.54) is 18.2 Å². The molecule has 0 aliphatic rings. The van der Waals surface area contributed by atoms with Crippen LogP contribution in [0.25, 0.3) is 10.9 Å². The van der Waals surface area contributed by atoms with Gasteiger partial charge in [-0.15, -0.1) is 0 Å². The summed E-state index contributed by atoms with van der Waals surface area (Å²) in [4.78, 5) is 39.1. The van der Waals surface area contributed by atoms with Gasteiger partial charge in [0, 0.05) is 23.2 Å². The number of fused-ring (bicyclic) bond motifs is 1. The minimum Gasteiger partial charge on any atom is -0.493 e. The maximum Gasteiger partial charge on any atom is 0.354 e. The zero-order chi connectivity index (χ0) is 22.4. The Balaban J connectivity index is 1.56. The molecular formula is C21H17Cl2N3O5. The van der Waals surface area contributed by atoms with Gasteiger partial charge in [0.2, 0.25) is 0 Å². The van der Waals surface area contributed by atoms with Crippen molar-refractivity contribution in [1.29, 1.82) is 0 Å². The van der Waals surface area contributed by atoms with Crippen LogP contribution in [0.1, 0.15) is 27.3 Å². The first kappa shape index (κ1) is 22.3. The Hall–Kier alpha value is -3.36. The molecule has 8 nitrogen and oxygen atoms in total. The van der Waals surface area contributed by atoms with Crippen LogP contribution in [-0.2, 0) is 0 Å². The number of ether oxygens (including phenoxy) is 1. The van der Waals surface area contributed by atoms with Crippen LogP contribution in [0.15, 0.2) is 48.5 Å². The molecule has 3 aromatic rings.